The molecule has 2 saturated heterocycles. The Bertz CT molecular complexity index is 632. The van der Waals surface area contributed by atoms with E-state index in [1.807, 2.05) is 12.1 Å². The number of hydrogen-bond donors (Lipinski definition) is 1. The van der Waals surface area contributed by atoms with Crippen molar-refractivity contribution in [3.8, 4) is 0 Å². The van der Waals surface area contributed by atoms with Crippen LogP contribution in [0.1, 0.15) is 35.8 Å². The zero-order valence-corrected chi connectivity index (χ0v) is 14.8. The van der Waals surface area contributed by atoms with Gasteiger partial charge in [-0.3, -0.25) is 0 Å². The molecule has 128 valence electrons. The first-order valence-electron chi connectivity index (χ1n) is 9.00. The van der Waals surface area contributed by atoms with Gasteiger partial charge < -0.3 is 10.2 Å². The number of hydrogen-bond acceptors (Lipinski definition) is 3. The lowest BCUT2D eigenvalue weighted by atomic mass is 9.87. The summed E-state index contributed by atoms with van der Waals surface area (Å²) >= 11 is 1.81. The van der Waals surface area contributed by atoms with E-state index < -0.39 is 0 Å². The molecule has 0 amide bonds. The zero-order valence-electron chi connectivity index (χ0n) is 14.0. The van der Waals surface area contributed by atoms with E-state index in [0.29, 0.717) is 11.8 Å². The molecule has 2 aromatic rings. The molecule has 4 heteroatoms. The Labute approximate surface area is 147 Å². The summed E-state index contributed by atoms with van der Waals surface area (Å²) in [4.78, 5) is 2.64. The first-order valence-corrected chi connectivity index (χ1v) is 9.94. The van der Waals surface area contributed by atoms with Crippen molar-refractivity contribution in [1.29, 1.82) is 0 Å². The van der Waals surface area contributed by atoms with E-state index in [-0.39, 0.29) is 5.82 Å². The van der Waals surface area contributed by atoms with Crippen molar-refractivity contribution in [2.75, 3.05) is 32.7 Å². The van der Waals surface area contributed by atoms with Crippen LogP contribution in [-0.2, 0) is 0 Å². The maximum atomic E-state index is 13.1. The summed E-state index contributed by atoms with van der Waals surface area (Å²) < 4.78 is 13.1. The molecular formula is C20H25FN2S. The number of thiophene rings is 1. The van der Waals surface area contributed by atoms with Crippen molar-refractivity contribution >= 4 is 11.3 Å². The molecule has 1 aromatic carbocycles. The Morgan fingerprint density at radius 3 is 2.54 bits per heavy atom. The molecule has 0 spiro atoms. The van der Waals surface area contributed by atoms with Crippen molar-refractivity contribution in [2.45, 2.75) is 24.7 Å². The van der Waals surface area contributed by atoms with Gasteiger partial charge in [-0.05, 0) is 84.4 Å². The SMILES string of the molecule is Fc1ccc(C2CCN(C[C@@H]3CNCC3c3ccsc3)CC2)cc1. The molecule has 2 atom stereocenters. The minimum Gasteiger partial charge on any atom is -0.316 e. The van der Waals surface area contributed by atoms with Gasteiger partial charge in [-0.1, -0.05) is 12.1 Å². The number of benzene rings is 1. The molecule has 2 nitrogen and oxygen atoms in total. The summed E-state index contributed by atoms with van der Waals surface area (Å²) in [7, 11) is 0. The smallest absolute Gasteiger partial charge is 0.123 e. The van der Waals surface area contributed by atoms with Crippen LogP contribution in [-0.4, -0.2) is 37.6 Å². The van der Waals surface area contributed by atoms with Crippen LogP contribution in [0.4, 0.5) is 4.39 Å². The van der Waals surface area contributed by atoms with E-state index >= 15 is 0 Å². The van der Waals surface area contributed by atoms with E-state index in [1.54, 1.807) is 23.5 Å². The zero-order chi connectivity index (χ0) is 16.4. The highest BCUT2D eigenvalue weighted by Gasteiger charge is 2.31. The summed E-state index contributed by atoms with van der Waals surface area (Å²) in [5.41, 5.74) is 2.81. The number of halogens is 1. The summed E-state index contributed by atoms with van der Waals surface area (Å²) in [6.45, 7) is 5.78. The summed E-state index contributed by atoms with van der Waals surface area (Å²) in [6.07, 6.45) is 2.38. The van der Waals surface area contributed by atoms with Gasteiger partial charge in [0.15, 0.2) is 0 Å². The Morgan fingerprint density at radius 2 is 1.83 bits per heavy atom. The van der Waals surface area contributed by atoms with Crippen LogP contribution in [0.2, 0.25) is 0 Å². The minimum atomic E-state index is -0.135. The fraction of sp³-hybridized carbons (Fsp3) is 0.500. The third-order valence-corrected chi connectivity index (χ3v) is 6.43. The highest BCUT2D eigenvalue weighted by molar-refractivity contribution is 7.08. The summed E-state index contributed by atoms with van der Waals surface area (Å²) in [5.74, 6) is 1.86. The maximum Gasteiger partial charge on any atom is 0.123 e. The molecule has 3 heterocycles. The summed E-state index contributed by atoms with van der Waals surface area (Å²) in [5, 5.41) is 8.09. The van der Waals surface area contributed by atoms with E-state index in [4.69, 9.17) is 0 Å². The lowest BCUT2D eigenvalue weighted by Gasteiger charge is -2.34. The number of piperidine rings is 1. The first-order chi connectivity index (χ1) is 11.8. The molecule has 1 N–H and O–H groups in total. The second kappa shape index (κ2) is 7.34. The highest BCUT2D eigenvalue weighted by Crippen LogP contribution is 2.33. The monoisotopic (exact) mass is 344 g/mol. The molecule has 2 aliphatic rings. The largest absolute Gasteiger partial charge is 0.316 e. The summed E-state index contributed by atoms with van der Waals surface area (Å²) in [6, 6.07) is 9.40. The molecule has 2 fully saturated rings. The molecule has 0 bridgehead atoms. The van der Waals surface area contributed by atoms with Crippen LogP contribution in [0.15, 0.2) is 41.1 Å². The first kappa shape index (κ1) is 16.2. The van der Waals surface area contributed by atoms with Gasteiger partial charge in [-0.2, -0.15) is 11.3 Å². The minimum absolute atomic E-state index is 0.135. The number of rotatable bonds is 4. The highest BCUT2D eigenvalue weighted by atomic mass is 32.1. The van der Waals surface area contributed by atoms with E-state index in [1.165, 1.54) is 30.5 Å². The standard InChI is InChI=1S/C20H25FN2S/c21-19-3-1-15(2-4-19)16-5-8-23(9-6-16)13-18-11-22-12-20(18)17-7-10-24-14-17/h1-4,7,10,14,16,18,20,22H,5-6,8-9,11-13H2/t18-,20?/m0/s1. The Morgan fingerprint density at radius 1 is 1.04 bits per heavy atom. The molecule has 0 aliphatic carbocycles. The van der Waals surface area contributed by atoms with Gasteiger partial charge in [0.25, 0.3) is 0 Å². The molecule has 2 aliphatic heterocycles. The fourth-order valence-corrected chi connectivity index (χ4v) is 5.04. The average molecular weight is 344 g/mol. The number of nitrogens with zero attached hydrogens (tertiary/aromatic N) is 1. The van der Waals surface area contributed by atoms with Crippen molar-refractivity contribution in [3.05, 3.63) is 58.0 Å². The topological polar surface area (TPSA) is 15.3 Å². The lowest BCUT2D eigenvalue weighted by Crippen LogP contribution is -2.38. The quantitative estimate of drug-likeness (QED) is 0.899. The van der Waals surface area contributed by atoms with Crippen LogP contribution in [0.5, 0.6) is 0 Å². The number of nitrogens with one attached hydrogen (secondary N) is 1. The van der Waals surface area contributed by atoms with Gasteiger partial charge in [-0.25, -0.2) is 4.39 Å². The second-order valence-corrected chi connectivity index (χ2v) is 7.99. The van der Waals surface area contributed by atoms with Gasteiger partial charge in [0, 0.05) is 19.0 Å². The molecule has 4 rings (SSSR count). The van der Waals surface area contributed by atoms with Crippen LogP contribution < -0.4 is 5.32 Å². The van der Waals surface area contributed by atoms with E-state index in [2.05, 4.69) is 27.0 Å². The van der Waals surface area contributed by atoms with Crippen LogP contribution in [0.25, 0.3) is 0 Å². The van der Waals surface area contributed by atoms with Gasteiger partial charge >= 0.3 is 0 Å². The molecule has 0 saturated carbocycles. The van der Waals surface area contributed by atoms with Gasteiger partial charge in [0.2, 0.25) is 0 Å². The molecule has 0 radical (unpaired) electrons. The molecule has 1 unspecified atom stereocenters. The Kier molecular flexibility index (Phi) is 4.97. The maximum absolute atomic E-state index is 13.1. The number of likely N-dealkylation sites (tertiary alicyclic amines) is 1. The molecule has 1 aromatic heterocycles. The third-order valence-electron chi connectivity index (χ3n) is 5.73. The van der Waals surface area contributed by atoms with Crippen molar-refractivity contribution in [2.24, 2.45) is 5.92 Å². The van der Waals surface area contributed by atoms with E-state index in [9.17, 15) is 4.39 Å². The third kappa shape index (κ3) is 3.56. The molecular weight excluding hydrogens is 319 g/mol. The van der Waals surface area contributed by atoms with E-state index in [0.717, 1.165) is 32.1 Å². The van der Waals surface area contributed by atoms with Crippen LogP contribution >= 0.6 is 11.3 Å². The van der Waals surface area contributed by atoms with Crippen molar-refractivity contribution < 1.29 is 4.39 Å². The van der Waals surface area contributed by atoms with Crippen LogP contribution in [0, 0.1) is 11.7 Å². The second-order valence-electron chi connectivity index (χ2n) is 7.21. The molecule has 24 heavy (non-hydrogen) atoms. The predicted molar refractivity (Wildman–Crippen MR) is 98.2 cm³/mol. The normalized spacial score (nSPS) is 26.0. The fourth-order valence-electron chi connectivity index (χ4n) is 4.32. The Hall–Kier alpha value is -1.23. The van der Waals surface area contributed by atoms with Gasteiger partial charge in [0.1, 0.15) is 5.82 Å². The van der Waals surface area contributed by atoms with Gasteiger partial charge in [-0.15, -0.1) is 0 Å². The van der Waals surface area contributed by atoms with Gasteiger partial charge in [0.05, 0.1) is 0 Å². The van der Waals surface area contributed by atoms with Crippen molar-refractivity contribution in [1.82, 2.24) is 10.2 Å². The van der Waals surface area contributed by atoms with Crippen LogP contribution in [0.3, 0.4) is 0 Å². The predicted octanol–water partition coefficient (Wildman–Crippen LogP) is 4.07. The lowest BCUT2D eigenvalue weighted by molar-refractivity contribution is 0.182. The Balaban J connectivity index is 1.32. The van der Waals surface area contributed by atoms with Crippen molar-refractivity contribution in [3.63, 3.8) is 0 Å². The average Bonchev–Trinajstić information content (AvgIpc) is 3.27.